The van der Waals surface area contributed by atoms with Gasteiger partial charge in [0.05, 0.1) is 21.8 Å². The van der Waals surface area contributed by atoms with Crippen LogP contribution in [0.3, 0.4) is 0 Å². The first kappa shape index (κ1) is 53.5. The van der Waals surface area contributed by atoms with Gasteiger partial charge in [-0.15, -0.1) is 0 Å². The third-order valence-corrected chi connectivity index (χ3v) is 14.0. The van der Waals surface area contributed by atoms with Gasteiger partial charge in [0.2, 0.25) is 11.1 Å². The Labute approximate surface area is 427 Å². The number of nitrogens with zero attached hydrogens (tertiary/aromatic N) is 11. The first-order valence-electron chi connectivity index (χ1n) is 23.0. The molecule has 0 bridgehead atoms. The molecule has 0 aliphatic carbocycles. The fourth-order valence-electron chi connectivity index (χ4n) is 7.78. The molecule has 21 heteroatoms. The lowest BCUT2D eigenvalue weighted by molar-refractivity contribution is -0.134. The van der Waals surface area contributed by atoms with E-state index in [0.29, 0.717) is 36.2 Å². The van der Waals surface area contributed by atoms with E-state index in [1.54, 1.807) is 61.4 Å². The third-order valence-electron chi connectivity index (χ3n) is 11.9. The van der Waals surface area contributed by atoms with Crippen molar-refractivity contribution in [1.82, 2.24) is 50.1 Å². The standard InChI is InChI=1S/C25H29N7O2S.C22H27N7OS.C3H3ClO/c1-5-24(34)31(4)16(2)20(33)12-18-8-11-32(15-18)23-13-22(28-17(3)29-23)30-25-27-14-21(35-25)19-6-9-26-10-7-19;1-14(23-3)18(30)10-16-6-9-29(13-16)21-11-20(26-15(2)27-21)28-22-25-12-19(31-22)17-4-7-24-8-5-17;1-2-3(4)5/h5-7,9-10,13-14,16,18H,1,8,11-12,15H2,2-4H3,(H,27,28,29,30);4-5,7-8,11-12,14,16,23H,6,9-10,13H2,1-3H3,(H,25,26,27,28);2H,1H2/t16-,18+;14-,16+;/m00./s1. The molecule has 8 heterocycles. The molecule has 6 aromatic rings. The number of ketones is 2. The second-order valence-electron chi connectivity index (χ2n) is 17.0. The number of amides is 1. The highest BCUT2D eigenvalue weighted by molar-refractivity contribution is 7.19. The molecule has 0 unspecified atom stereocenters. The zero-order valence-corrected chi connectivity index (χ0v) is 43.1. The molecule has 6 aromatic heterocycles. The summed E-state index contributed by atoms with van der Waals surface area (Å²) >= 11 is 7.82. The molecule has 18 nitrogen and oxygen atoms in total. The molecular weight excluding hydrogens is 960 g/mol. The molecule has 2 saturated heterocycles. The first-order valence-corrected chi connectivity index (χ1v) is 25.1. The van der Waals surface area contributed by atoms with Gasteiger partial charge in [0.1, 0.15) is 40.7 Å². The minimum absolute atomic E-state index is 0.0598. The normalized spacial score (nSPS) is 15.8. The lowest BCUT2D eigenvalue weighted by Crippen LogP contribution is -2.40. The van der Waals surface area contributed by atoms with Crippen LogP contribution in [-0.4, -0.2) is 120 Å². The van der Waals surface area contributed by atoms with Gasteiger partial charge in [0, 0.05) is 95.4 Å². The SMILES string of the molecule is C=CC(=O)Cl.C=CC(=O)N(C)[C@@H](C)C(=O)C[C@H]1CCN(c2cc(Nc3ncc(-c4ccncc4)s3)nc(C)n2)C1.CN[C@@H](C)C(=O)C[C@H]1CCN(c2cc(Nc3ncc(-c4ccncc4)s3)nc(C)n2)C1. The number of likely N-dealkylation sites (N-methyl/N-ethyl adjacent to an activating group) is 2. The predicted molar refractivity (Wildman–Crippen MR) is 283 cm³/mol. The van der Waals surface area contributed by atoms with Crippen LogP contribution in [-0.2, 0) is 19.2 Å². The smallest absolute Gasteiger partial charge is 0.246 e. The Balaban J connectivity index is 0.000000213. The van der Waals surface area contributed by atoms with Crippen LogP contribution in [0.15, 0.2) is 98.9 Å². The van der Waals surface area contributed by atoms with E-state index in [4.69, 9.17) is 11.6 Å². The van der Waals surface area contributed by atoms with E-state index in [1.165, 1.54) is 11.0 Å². The Bertz CT molecular complexity index is 2780. The second kappa shape index (κ2) is 25.8. The van der Waals surface area contributed by atoms with Crippen molar-refractivity contribution in [3.8, 4) is 20.9 Å². The number of carbonyl (C=O) groups is 4. The first-order chi connectivity index (χ1) is 34.1. The average Bonchev–Trinajstić information content (AvgIpc) is 4.23. The topological polar surface area (TPSA) is 217 Å². The van der Waals surface area contributed by atoms with E-state index in [0.717, 1.165) is 93.7 Å². The number of hydrogen-bond acceptors (Lipinski definition) is 19. The Morgan fingerprint density at radius 2 is 1.18 bits per heavy atom. The zero-order valence-electron chi connectivity index (χ0n) is 40.7. The molecule has 2 fully saturated rings. The Hall–Kier alpha value is -6.87. The van der Waals surface area contributed by atoms with Crippen molar-refractivity contribution in [3.05, 3.63) is 111 Å². The van der Waals surface area contributed by atoms with Crippen LogP contribution in [0, 0.1) is 25.7 Å². The van der Waals surface area contributed by atoms with Gasteiger partial charge in [-0.25, -0.2) is 29.9 Å². The van der Waals surface area contributed by atoms with Gasteiger partial charge < -0.3 is 30.7 Å². The van der Waals surface area contributed by atoms with Crippen molar-refractivity contribution in [2.45, 2.75) is 65.5 Å². The minimum Gasteiger partial charge on any atom is -0.356 e. The molecule has 4 atom stereocenters. The molecule has 2 aliphatic rings. The summed E-state index contributed by atoms with van der Waals surface area (Å²) in [5.41, 5.74) is 2.16. The summed E-state index contributed by atoms with van der Waals surface area (Å²) in [6, 6.07) is 11.2. The Morgan fingerprint density at radius 1 is 0.746 bits per heavy atom. The highest BCUT2D eigenvalue weighted by Crippen LogP contribution is 2.34. The van der Waals surface area contributed by atoms with Crippen molar-refractivity contribution in [1.29, 1.82) is 0 Å². The van der Waals surface area contributed by atoms with Gasteiger partial charge in [-0.3, -0.25) is 29.1 Å². The summed E-state index contributed by atoms with van der Waals surface area (Å²) in [6.07, 6.45) is 16.0. The lowest BCUT2D eigenvalue weighted by atomic mass is 9.98. The lowest BCUT2D eigenvalue weighted by Gasteiger charge is -2.24. The molecule has 71 heavy (non-hydrogen) atoms. The van der Waals surface area contributed by atoms with Crippen LogP contribution in [0.4, 0.5) is 33.5 Å². The number of allylic oxidation sites excluding steroid dienone is 1. The number of halogens is 1. The molecule has 3 N–H and O–H groups in total. The van der Waals surface area contributed by atoms with Gasteiger partial charge in [-0.1, -0.05) is 35.8 Å². The van der Waals surface area contributed by atoms with Crippen molar-refractivity contribution >= 4 is 90.5 Å². The number of hydrogen-bond donors (Lipinski definition) is 3. The van der Waals surface area contributed by atoms with E-state index in [-0.39, 0.29) is 29.4 Å². The zero-order chi connectivity index (χ0) is 51.0. The number of anilines is 6. The molecule has 0 spiro atoms. The summed E-state index contributed by atoms with van der Waals surface area (Å²) < 4.78 is 0. The fraction of sp³-hybridized carbons (Fsp3) is 0.360. The molecule has 372 valence electrons. The maximum atomic E-state index is 12.7. The largest absolute Gasteiger partial charge is 0.356 e. The van der Waals surface area contributed by atoms with Crippen molar-refractivity contribution in [2.75, 3.05) is 60.7 Å². The van der Waals surface area contributed by atoms with Crippen LogP contribution in [0.25, 0.3) is 20.9 Å². The van der Waals surface area contributed by atoms with Gasteiger partial charge in [0.25, 0.3) is 0 Å². The Kier molecular flexibility index (Phi) is 19.5. The summed E-state index contributed by atoms with van der Waals surface area (Å²) in [5, 5.41) is 10.7. The summed E-state index contributed by atoms with van der Waals surface area (Å²) in [7, 11) is 3.46. The van der Waals surface area contributed by atoms with Crippen molar-refractivity contribution in [3.63, 3.8) is 0 Å². The highest BCUT2D eigenvalue weighted by atomic mass is 35.5. The number of thiazole rings is 2. The van der Waals surface area contributed by atoms with E-state index >= 15 is 0 Å². The van der Waals surface area contributed by atoms with Crippen molar-refractivity contribution < 1.29 is 19.2 Å². The number of carbonyl (C=O) groups excluding carboxylic acids is 4. The van der Waals surface area contributed by atoms with Crippen LogP contribution in [0.1, 0.15) is 51.2 Å². The Morgan fingerprint density at radius 3 is 1.59 bits per heavy atom. The number of aromatic nitrogens is 8. The molecule has 0 aromatic carbocycles. The second-order valence-corrected chi connectivity index (χ2v) is 19.4. The van der Waals surface area contributed by atoms with Crippen LogP contribution < -0.4 is 25.8 Å². The van der Waals surface area contributed by atoms with Gasteiger partial charge in [-0.2, -0.15) is 0 Å². The van der Waals surface area contributed by atoms with E-state index in [1.807, 2.05) is 76.6 Å². The number of pyridine rings is 2. The molecule has 1 amide bonds. The minimum atomic E-state index is -0.509. The third kappa shape index (κ3) is 15.6. The summed E-state index contributed by atoms with van der Waals surface area (Å²) in [5.74, 6) is 5.13. The van der Waals surface area contributed by atoms with E-state index in [9.17, 15) is 19.2 Å². The summed E-state index contributed by atoms with van der Waals surface area (Å²) in [4.78, 5) is 89.6. The van der Waals surface area contributed by atoms with E-state index in [2.05, 4.69) is 78.8 Å². The summed E-state index contributed by atoms with van der Waals surface area (Å²) in [6.45, 7) is 17.3. The molecule has 0 radical (unpaired) electrons. The number of nitrogens with one attached hydrogen (secondary N) is 3. The van der Waals surface area contributed by atoms with Crippen LogP contribution in [0.5, 0.6) is 0 Å². The van der Waals surface area contributed by atoms with Crippen LogP contribution >= 0.6 is 34.3 Å². The predicted octanol–water partition coefficient (Wildman–Crippen LogP) is 8.24. The number of aryl methyl sites for hydroxylation is 2. The molecule has 8 rings (SSSR count). The number of Topliss-reactive ketones (excluding diaryl/α,β-unsaturated/α-hetero) is 2. The highest BCUT2D eigenvalue weighted by Gasteiger charge is 2.30. The maximum Gasteiger partial charge on any atom is 0.246 e. The van der Waals surface area contributed by atoms with Gasteiger partial charge >= 0.3 is 0 Å². The molecule has 0 saturated carbocycles. The van der Waals surface area contributed by atoms with Crippen molar-refractivity contribution in [2.24, 2.45) is 11.8 Å². The molecular formula is C50H59ClN14O4S2. The monoisotopic (exact) mass is 1020 g/mol. The van der Waals surface area contributed by atoms with Crippen LogP contribution in [0.2, 0.25) is 0 Å². The maximum absolute atomic E-state index is 12.7. The number of rotatable bonds is 18. The van der Waals surface area contributed by atoms with Gasteiger partial charge in [-0.05, 0) is 119 Å². The van der Waals surface area contributed by atoms with Gasteiger partial charge in [0.15, 0.2) is 16.0 Å². The molecule has 2 aliphatic heterocycles. The average molecular weight is 1020 g/mol. The fourth-order valence-corrected chi connectivity index (χ4v) is 9.44. The van der Waals surface area contributed by atoms with E-state index < -0.39 is 11.3 Å². The quantitative estimate of drug-likeness (QED) is 0.0545.